The van der Waals surface area contributed by atoms with E-state index >= 15 is 0 Å². The number of carbonyl (C=O) groups excluding carboxylic acids is 2. The average molecular weight is 286 g/mol. The number of anilines is 1. The highest BCUT2D eigenvalue weighted by Crippen LogP contribution is 2.17. The van der Waals surface area contributed by atoms with Crippen LogP contribution in [0, 0.1) is 0 Å². The second kappa shape index (κ2) is 6.60. The number of hydrogen-bond donors (Lipinski definition) is 3. The maximum Gasteiger partial charge on any atom is 0.323 e. The van der Waals surface area contributed by atoms with Crippen LogP contribution in [0.2, 0.25) is 5.02 Å². The number of primary amides is 1. The van der Waals surface area contributed by atoms with E-state index in [0.717, 1.165) is 4.90 Å². The fraction of sp³-hybridized carbons (Fsp3) is 0.182. The van der Waals surface area contributed by atoms with Gasteiger partial charge in [-0.15, -0.1) is 0 Å². The number of hydrogen-bond acceptors (Lipinski definition) is 3. The van der Waals surface area contributed by atoms with Crippen LogP contribution in [0.4, 0.5) is 10.5 Å². The van der Waals surface area contributed by atoms with E-state index in [1.54, 1.807) is 0 Å². The number of nitrogens with two attached hydrogens (primary N) is 1. The lowest BCUT2D eigenvalue weighted by Gasteiger charge is -2.21. The highest BCUT2D eigenvalue weighted by Gasteiger charge is 2.18. The number of benzene rings is 1. The molecule has 1 aromatic carbocycles. The predicted molar refractivity (Wildman–Crippen MR) is 69.0 cm³/mol. The van der Waals surface area contributed by atoms with Gasteiger partial charge < -0.3 is 16.2 Å². The van der Waals surface area contributed by atoms with Crippen LogP contribution < -0.4 is 16.0 Å². The van der Waals surface area contributed by atoms with Crippen molar-refractivity contribution < 1.29 is 19.5 Å². The van der Waals surface area contributed by atoms with E-state index in [9.17, 15) is 14.4 Å². The Morgan fingerprint density at radius 3 is 2.32 bits per heavy atom. The standard InChI is InChI=1S/C11H12ClN3O4/c12-7-1-3-8(4-2-7)15(6-10(17)18)11(19)14-5-9(13)16/h1-4H,5-6H2,(H2,13,16)(H,14,19)(H,17,18). The second-order valence-corrected chi connectivity index (χ2v) is 4.02. The molecule has 0 fully saturated rings. The van der Waals surface area contributed by atoms with Crippen LogP contribution in [-0.2, 0) is 9.59 Å². The molecule has 0 spiro atoms. The summed E-state index contributed by atoms with van der Waals surface area (Å²) in [6, 6.07) is 5.30. The van der Waals surface area contributed by atoms with Crippen LogP contribution in [0.1, 0.15) is 0 Å². The molecule has 0 heterocycles. The summed E-state index contributed by atoms with van der Waals surface area (Å²) in [6.07, 6.45) is 0. The molecule has 0 bridgehead atoms. The van der Waals surface area contributed by atoms with E-state index in [4.69, 9.17) is 22.4 Å². The maximum absolute atomic E-state index is 11.8. The Balaban J connectivity index is 2.87. The number of carboxylic acid groups (broad SMARTS) is 1. The molecule has 0 saturated carbocycles. The third-order valence-electron chi connectivity index (χ3n) is 2.09. The van der Waals surface area contributed by atoms with Crippen molar-refractivity contribution in [1.82, 2.24) is 5.32 Å². The Morgan fingerprint density at radius 2 is 1.84 bits per heavy atom. The maximum atomic E-state index is 11.8. The van der Waals surface area contributed by atoms with Crippen LogP contribution in [0.25, 0.3) is 0 Å². The van der Waals surface area contributed by atoms with Gasteiger partial charge in [-0.3, -0.25) is 14.5 Å². The molecule has 0 radical (unpaired) electrons. The zero-order chi connectivity index (χ0) is 14.4. The number of amides is 3. The molecule has 0 atom stereocenters. The predicted octanol–water partition coefficient (Wildman–Crippen LogP) is 0.426. The Labute approximate surface area is 113 Å². The van der Waals surface area contributed by atoms with E-state index < -0.39 is 24.5 Å². The van der Waals surface area contributed by atoms with Crippen molar-refractivity contribution in [2.75, 3.05) is 18.0 Å². The largest absolute Gasteiger partial charge is 0.480 e. The number of rotatable bonds is 5. The van der Waals surface area contributed by atoms with Crippen LogP contribution in [-0.4, -0.2) is 36.1 Å². The van der Waals surface area contributed by atoms with Gasteiger partial charge in [-0.2, -0.15) is 0 Å². The number of nitrogens with one attached hydrogen (secondary N) is 1. The van der Waals surface area contributed by atoms with Crippen molar-refractivity contribution in [1.29, 1.82) is 0 Å². The number of nitrogens with zero attached hydrogens (tertiary/aromatic N) is 1. The van der Waals surface area contributed by atoms with Gasteiger partial charge in [-0.1, -0.05) is 11.6 Å². The minimum Gasteiger partial charge on any atom is -0.480 e. The fourth-order valence-corrected chi connectivity index (χ4v) is 1.42. The van der Waals surface area contributed by atoms with Crippen molar-refractivity contribution in [2.45, 2.75) is 0 Å². The quantitative estimate of drug-likeness (QED) is 0.728. The highest BCUT2D eigenvalue weighted by molar-refractivity contribution is 6.30. The van der Waals surface area contributed by atoms with Crippen LogP contribution >= 0.6 is 11.6 Å². The van der Waals surface area contributed by atoms with Crippen LogP contribution in [0.3, 0.4) is 0 Å². The zero-order valence-electron chi connectivity index (χ0n) is 9.80. The molecule has 7 nitrogen and oxygen atoms in total. The third kappa shape index (κ3) is 4.84. The molecule has 4 N–H and O–H groups in total. The summed E-state index contributed by atoms with van der Waals surface area (Å²) in [4.78, 5) is 34.1. The monoisotopic (exact) mass is 285 g/mol. The molecule has 0 aliphatic rings. The normalized spacial score (nSPS) is 9.74. The molecule has 19 heavy (non-hydrogen) atoms. The fourth-order valence-electron chi connectivity index (χ4n) is 1.29. The summed E-state index contributed by atoms with van der Waals surface area (Å²) in [5.74, 6) is -1.91. The summed E-state index contributed by atoms with van der Waals surface area (Å²) in [7, 11) is 0. The molecular weight excluding hydrogens is 274 g/mol. The van der Waals surface area contributed by atoms with Crippen molar-refractivity contribution in [3.63, 3.8) is 0 Å². The molecule has 1 aromatic rings. The summed E-state index contributed by atoms with van der Waals surface area (Å²) >= 11 is 5.71. The molecule has 1 rings (SSSR count). The number of halogens is 1. The molecule has 102 valence electrons. The van der Waals surface area contributed by atoms with Crippen molar-refractivity contribution in [2.24, 2.45) is 5.73 Å². The lowest BCUT2D eigenvalue weighted by Crippen LogP contribution is -2.45. The number of carbonyl (C=O) groups is 3. The topological polar surface area (TPSA) is 113 Å². The first kappa shape index (κ1) is 14.8. The van der Waals surface area contributed by atoms with E-state index in [2.05, 4.69) is 5.32 Å². The molecule has 3 amide bonds. The smallest absolute Gasteiger partial charge is 0.323 e. The first-order valence-electron chi connectivity index (χ1n) is 5.21. The van der Waals surface area contributed by atoms with E-state index in [1.807, 2.05) is 0 Å². The SMILES string of the molecule is NC(=O)CNC(=O)N(CC(=O)O)c1ccc(Cl)cc1. The Bertz CT molecular complexity index is 489. The van der Waals surface area contributed by atoms with Gasteiger partial charge in [0.1, 0.15) is 6.54 Å². The molecule has 0 aromatic heterocycles. The van der Waals surface area contributed by atoms with E-state index in [1.165, 1.54) is 24.3 Å². The van der Waals surface area contributed by atoms with Gasteiger partial charge in [0.25, 0.3) is 0 Å². The molecule has 0 aliphatic heterocycles. The average Bonchev–Trinajstić information content (AvgIpc) is 2.34. The van der Waals surface area contributed by atoms with Gasteiger partial charge in [0.2, 0.25) is 5.91 Å². The van der Waals surface area contributed by atoms with Gasteiger partial charge in [0, 0.05) is 10.7 Å². The minimum absolute atomic E-state index is 0.341. The lowest BCUT2D eigenvalue weighted by atomic mass is 10.3. The summed E-state index contributed by atoms with van der Waals surface area (Å²) in [5.41, 5.74) is 5.24. The molecular formula is C11H12ClN3O4. The Morgan fingerprint density at radius 1 is 1.26 bits per heavy atom. The van der Waals surface area contributed by atoms with Crippen molar-refractivity contribution in [3.8, 4) is 0 Å². The van der Waals surface area contributed by atoms with Crippen molar-refractivity contribution >= 4 is 35.2 Å². The van der Waals surface area contributed by atoms with Crippen LogP contribution in [0.5, 0.6) is 0 Å². The molecule has 0 aliphatic carbocycles. The summed E-state index contributed by atoms with van der Waals surface area (Å²) in [6.45, 7) is -0.922. The first-order valence-corrected chi connectivity index (χ1v) is 5.59. The number of urea groups is 1. The highest BCUT2D eigenvalue weighted by atomic mass is 35.5. The first-order chi connectivity index (χ1) is 8.90. The van der Waals surface area contributed by atoms with Gasteiger partial charge >= 0.3 is 12.0 Å². The zero-order valence-corrected chi connectivity index (χ0v) is 10.6. The van der Waals surface area contributed by atoms with E-state index in [-0.39, 0.29) is 6.54 Å². The summed E-state index contributed by atoms with van der Waals surface area (Å²) < 4.78 is 0. The van der Waals surface area contributed by atoms with Gasteiger partial charge in [0.15, 0.2) is 0 Å². The lowest BCUT2D eigenvalue weighted by molar-refractivity contribution is -0.135. The van der Waals surface area contributed by atoms with Crippen molar-refractivity contribution in [3.05, 3.63) is 29.3 Å². The van der Waals surface area contributed by atoms with Gasteiger partial charge in [0.05, 0.1) is 6.54 Å². The molecule has 8 heteroatoms. The minimum atomic E-state index is -1.19. The summed E-state index contributed by atoms with van der Waals surface area (Å²) in [5, 5.41) is 11.5. The Kier molecular flexibility index (Phi) is 5.13. The third-order valence-corrected chi connectivity index (χ3v) is 2.34. The molecule has 0 saturated heterocycles. The van der Waals surface area contributed by atoms with E-state index in [0.29, 0.717) is 10.7 Å². The Hall–Kier alpha value is -2.28. The van der Waals surface area contributed by atoms with Crippen LogP contribution in [0.15, 0.2) is 24.3 Å². The van der Waals surface area contributed by atoms with Gasteiger partial charge in [-0.05, 0) is 24.3 Å². The van der Waals surface area contributed by atoms with Gasteiger partial charge in [-0.25, -0.2) is 4.79 Å². The number of aliphatic carboxylic acids is 1. The second-order valence-electron chi connectivity index (χ2n) is 3.58. The number of carboxylic acids is 1. The molecule has 0 unspecified atom stereocenters.